The maximum Gasteiger partial charge on any atom is 0.0992 e. The third-order valence-electron chi connectivity index (χ3n) is 2.60. The van der Waals surface area contributed by atoms with Crippen molar-refractivity contribution in [2.45, 2.75) is 6.92 Å². The number of nitrogens with zero attached hydrogens (tertiary/aromatic N) is 1. The Bertz CT molecular complexity index is 582. The molecule has 3 N–H and O–H groups in total. The molecular formula is C14H13N3. The second-order valence-corrected chi connectivity index (χ2v) is 3.85. The minimum Gasteiger partial charge on any atom is -0.397 e. The maximum absolute atomic E-state index is 8.86. The molecule has 0 heterocycles. The summed E-state index contributed by atoms with van der Waals surface area (Å²) in [6.45, 7) is 2.02. The van der Waals surface area contributed by atoms with Crippen LogP contribution in [0.15, 0.2) is 42.5 Å². The van der Waals surface area contributed by atoms with E-state index in [1.54, 1.807) is 18.2 Å². The van der Waals surface area contributed by atoms with Crippen LogP contribution in [0, 0.1) is 18.3 Å². The van der Waals surface area contributed by atoms with E-state index in [1.807, 2.05) is 31.2 Å². The summed E-state index contributed by atoms with van der Waals surface area (Å²) in [4.78, 5) is 0. The van der Waals surface area contributed by atoms with Gasteiger partial charge < -0.3 is 11.1 Å². The summed E-state index contributed by atoms with van der Waals surface area (Å²) in [5.74, 6) is 0. The highest BCUT2D eigenvalue weighted by molar-refractivity contribution is 5.75. The third kappa shape index (κ3) is 2.37. The van der Waals surface area contributed by atoms with Crippen LogP contribution < -0.4 is 11.1 Å². The molecule has 0 spiro atoms. The zero-order chi connectivity index (χ0) is 12.3. The van der Waals surface area contributed by atoms with Gasteiger partial charge in [0, 0.05) is 5.69 Å². The van der Waals surface area contributed by atoms with Gasteiger partial charge >= 0.3 is 0 Å². The molecule has 0 saturated heterocycles. The SMILES string of the molecule is Cc1ccccc1Nc1cc(C#N)ccc1N. The van der Waals surface area contributed by atoms with E-state index >= 15 is 0 Å². The van der Waals surface area contributed by atoms with E-state index in [0.29, 0.717) is 11.3 Å². The van der Waals surface area contributed by atoms with Crippen molar-refractivity contribution < 1.29 is 0 Å². The molecule has 3 heteroatoms. The van der Waals surface area contributed by atoms with Gasteiger partial charge in [0.15, 0.2) is 0 Å². The molecular weight excluding hydrogens is 210 g/mol. The fourth-order valence-electron chi connectivity index (χ4n) is 1.59. The van der Waals surface area contributed by atoms with Crippen molar-refractivity contribution in [3.8, 4) is 6.07 Å². The van der Waals surface area contributed by atoms with Crippen molar-refractivity contribution in [1.82, 2.24) is 0 Å². The number of anilines is 3. The van der Waals surface area contributed by atoms with E-state index in [0.717, 1.165) is 16.9 Å². The minimum atomic E-state index is 0.593. The molecule has 0 aliphatic carbocycles. The van der Waals surface area contributed by atoms with Crippen LogP contribution in [0.2, 0.25) is 0 Å². The monoisotopic (exact) mass is 223 g/mol. The largest absolute Gasteiger partial charge is 0.397 e. The summed E-state index contributed by atoms with van der Waals surface area (Å²) in [7, 11) is 0. The molecule has 0 aliphatic heterocycles. The number of aryl methyl sites for hydroxylation is 1. The minimum absolute atomic E-state index is 0.593. The van der Waals surface area contributed by atoms with E-state index in [9.17, 15) is 0 Å². The van der Waals surface area contributed by atoms with Gasteiger partial charge in [0.1, 0.15) is 0 Å². The first-order valence-electron chi connectivity index (χ1n) is 5.33. The lowest BCUT2D eigenvalue weighted by atomic mass is 10.1. The molecule has 0 unspecified atom stereocenters. The van der Waals surface area contributed by atoms with Crippen LogP contribution in [0.3, 0.4) is 0 Å². The average Bonchev–Trinajstić information content (AvgIpc) is 2.35. The number of hydrogen-bond acceptors (Lipinski definition) is 3. The van der Waals surface area contributed by atoms with Gasteiger partial charge in [0.2, 0.25) is 0 Å². The fraction of sp³-hybridized carbons (Fsp3) is 0.0714. The number of para-hydroxylation sites is 1. The summed E-state index contributed by atoms with van der Waals surface area (Å²) in [5.41, 5.74) is 9.99. The number of nitrogens with two attached hydrogens (primary N) is 1. The molecule has 0 atom stereocenters. The standard InChI is InChI=1S/C14H13N3/c1-10-4-2-3-5-13(10)17-14-8-11(9-15)6-7-12(14)16/h2-8,17H,16H2,1H3. The van der Waals surface area contributed by atoms with Crippen LogP contribution in [-0.4, -0.2) is 0 Å². The molecule has 2 aromatic carbocycles. The molecule has 0 radical (unpaired) electrons. The van der Waals surface area contributed by atoms with Crippen molar-refractivity contribution in [3.63, 3.8) is 0 Å². The lowest BCUT2D eigenvalue weighted by Crippen LogP contribution is -1.98. The van der Waals surface area contributed by atoms with Crippen LogP contribution in [0.1, 0.15) is 11.1 Å². The lowest BCUT2D eigenvalue weighted by molar-refractivity contribution is 1.42. The molecule has 0 aliphatic rings. The Morgan fingerprint density at radius 2 is 1.88 bits per heavy atom. The molecule has 2 rings (SSSR count). The Morgan fingerprint density at radius 1 is 1.12 bits per heavy atom. The van der Waals surface area contributed by atoms with Gasteiger partial charge in [-0.3, -0.25) is 0 Å². The Balaban J connectivity index is 2.37. The normalized spacial score (nSPS) is 9.65. The van der Waals surface area contributed by atoms with E-state index in [-0.39, 0.29) is 0 Å². The average molecular weight is 223 g/mol. The first-order chi connectivity index (χ1) is 8.20. The van der Waals surface area contributed by atoms with Crippen LogP contribution in [0.25, 0.3) is 0 Å². The zero-order valence-corrected chi connectivity index (χ0v) is 9.57. The fourth-order valence-corrected chi connectivity index (χ4v) is 1.59. The Kier molecular flexibility index (Phi) is 2.97. The first-order valence-corrected chi connectivity index (χ1v) is 5.33. The zero-order valence-electron chi connectivity index (χ0n) is 9.57. The Hall–Kier alpha value is -2.47. The highest BCUT2D eigenvalue weighted by atomic mass is 14.9. The second-order valence-electron chi connectivity index (χ2n) is 3.85. The van der Waals surface area contributed by atoms with Gasteiger partial charge in [0.05, 0.1) is 23.0 Å². The van der Waals surface area contributed by atoms with E-state index in [1.165, 1.54) is 0 Å². The highest BCUT2D eigenvalue weighted by Gasteiger charge is 2.03. The number of benzene rings is 2. The van der Waals surface area contributed by atoms with Gasteiger partial charge in [-0.25, -0.2) is 0 Å². The molecule has 0 bridgehead atoms. The van der Waals surface area contributed by atoms with Gasteiger partial charge in [-0.1, -0.05) is 18.2 Å². The van der Waals surface area contributed by atoms with Crippen molar-refractivity contribution in [2.75, 3.05) is 11.1 Å². The van der Waals surface area contributed by atoms with Crippen LogP contribution in [0.4, 0.5) is 17.1 Å². The summed E-state index contributed by atoms with van der Waals surface area (Å²) < 4.78 is 0. The molecule has 0 saturated carbocycles. The number of nitrogens with one attached hydrogen (secondary N) is 1. The molecule has 17 heavy (non-hydrogen) atoms. The lowest BCUT2D eigenvalue weighted by Gasteiger charge is -2.11. The van der Waals surface area contributed by atoms with Gasteiger partial charge in [-0.05, 0) is 36.8 Å². The van der Waals surface area contributed by atoms with Crippen molar-refractivity contribution in [3.05, 3.63) is 53.6 Å². The first kappa shape index (κ1) is 11.0. The maximum atomic E-state index is 8.86. The summed E-state index contributed by atoms with van der Waals surface area (Å²) >= 11 is 0. The van der Waals surface area contributed by atoms with Gasteiger partial charge in [-0.15, -0.1) is 0 Å². The Morgan fingerprint density at radius 3 is 2.59 bits per heavy atom. The third-order valence-corrected chi connectivity index (χ3v) is 2.60. The summed E-state index contributed by atoms with van der Waals surface area (Å²) in [6.07, 6.45) is 0. The van der Waals surface area contributed by atoms with Crippen LogP contribution in [-0.2, 0) is 0 Å². The molecule has 3 nitrogen and oxygen atoms in total. The number of rotatable bonds is 2. The molecule has 0 fully saturated rings. The predicted octanol–water partition coefficient (Wildman–Crippen LogP) is 3.19. The van der Waals surface area contributed by atoms with E-state index < -0.39 is 0 Å². The smallest absolute Gasteiger partial charge is 0.0992 e. The van der Waals surface area contributed by atoms with Crippen LogP contribution >= 0.6 is 0 Å². The molecule has 84 valence electrons. The van der Waals surface area contributed by atoms with Crippen molar-refractivity contribution >= 4 is 17.1 Å². The summed E-state index contributed by atoms with van der Waals surface area (Å²) in [6, 6.07) is 15.2. The number of nitrogen functional groups attached to an aromatic ring is 1. The van der Waals surface area contributed by atoms with Crippen molar-refractivity contribution in [2.24, 2.45) is 0 Å². The number of nitriles is 1. The highest BCUT2D eigenvalue weighted by Crippen LogP contribution is 2.25. The second kappa shape index (κ2) is 4.58. The number of hydrogen-bond donors (Lipinski definition) is 2. The quantitative estimate of drug-likeness (QED) is 0.768. The molecule has 2 aromatic rings. The van der Waals surface area contributed by atoms with E-state index in [2.05, 4.69) is 11.4 Å². The molecule has 0 aromatic heterocycles. The molecule has 0 amide bonds. The predicted molar refractivity (Wildman–Crippen MR) is 70.0 cm³/mol. The van der Waals surface area contributed by atoms with E-state index in [4.69, 9.17) is 11.0 Å². The van der Waals surface area contributed by atoms with Gasteiger partial charge in [-0.2, -0.15) is 5.26 Å². The Labute approximate surface area is 101 Å². The van der Waals surface area contributed by atoms with Crippen molar-refractivity contribution in [1.29, 1.82) is 5.26 Å². The topological polar surface area (TPSA) is 61.8 Å². The van der Waals surface area contributed by atoms with Crippen LogP contribution in [0.5, 0.6) is 0 Å². The van der Waals surface area contributed by atoms with Gasteiger partial charge in [0.25, 0.3) is 0 Å². The summed E-state index contributed by atoms with van der Waals surface area (Å²) in [5, 5.41) is 12.1.